The van der Waals surface area contributed by atoms with E-state index in [0.29, 0.717) is 35.0 Å². The van der Waals surface area contributed by atoms with Gasteiger partial charge in [-0.25, -0.2) is 9.97 Å². The van der Waals surface area contributed by atoms with Crippen molar-refractivity contribution in [2.24, 2.45) is 0 Å². The largest absolute Gasteiger partial charge is 0.359 e. The van der Waals surface area contributed by atoms with Crippen molar-refractivity contribution < 1.29 is 4.79 Å². The van der Waals surface area contributed by atoms with E-state index in [2.05, 4.69) is 15.3 Å². The summed E-state index contributed by atoms with van der Waals surface area (Å²) in [5.74, 6) is 0.652. The maximum Gasteiger partial charge on any atom is 0.221 e. The van der Waals surface area contributed by atoms with Crippen molar-refractivity contribution >= 4 is 40.3 Å². The topological polar surface area (TPSA) is 59.8 Å². The molecule has 1 amide bonds. The molecule has 0 spiro atoms. The molecular formula is C12H14Cl2N4O. The zero-order valence-corrected chi connectivity index (χ0v) is 12.2. The zero-order chi connectivity index (χ0) is 14.0. The van der Waals surface area contributed by atoms with Gasteiger partial charge in [0.15, 0.2) is 5.65 Å². The van der Waals surface area contributed by atoms with Gasteiger partial charge in [-0.15, -0.1) is 11.6 Å². The fourth-order valence-corrected chi connectivity index (χ4v) is 2.19. The Kier molecular flexibility index (Phi) is 4.27. The molecule has 0 aliphatic rings. The van der Waals surface area contributed by atoms with Crippen LogP contribution in [0.3, 0.4) is 0 Å². The first-order valence-corrected chi connectivity index (χ1v) is 6.70. The number of rotatable bonds is 4. The Morgan fingerprint density at radius 1 is 1.58 bits per heavy atom. The third-order valence-electron chi connectivity index (χ3n) is 2.78. The summed E-state index contributed by atoms with van der Waals surface area (Å²) in [6, 6.07) is 1.74. The molecule has 5 nitrogen and oxygen atoms in total. The lowest BCUT2D eigenvalue weighted by atomic mass is 10.3. The Morgan fingerprint density at radius 3 is 2.95 bits per heavy atom. The molecule has 0 bridgehead atoms. The number of hydrogen-bond acceptors (Lipinski definition) is 3. The normalized spacial score (nSPS) is 12.6. The number of pyridine rings is 1. The second-order valence-electron chi connectivity index (χ2n) is 4.16. The minimum Gasteiger partial charge on any atom is -0.359 e. The summed E-state index contributed by atoms with van der Waals surface area (Å²) in [5.41, 5.74) is 1.38. The molecule has 0 fully saturated rings. The summed E-state index contributed by atoms with van der Waals surface area (Å²) < 4.78 is 1.86. The van der Waals surface area contributed by atoms with Crippen LogP contribution in [0.4, 0.5) is 0 Å². The van der Waals surface area contributed by atoms with E-state index in [1.807, 2.05) is 11.5 Å². The van der Waals surface area contributed by atoms with Gasteiger partial charge in [0.25, 0.3) is 0 Å². The number of carbonyl (C=O) groups is 1. The van der Waals surface area contributed by atoms with Crippen molar-refractivity contribution in [2.45, 2.75) is 25.3 Å². The SMILES string of the molecule is CNC(=O)CCn1c(C(C)Cl)nc2cc(Cl)cnc21. The molecule has 0 aromatic carbocycles. The van der Waals surface area contributed by atoms with Crippen LogP contribution >= 0.6 is 23.2 Å². The number of aryl methyl sites for hydroxylation is 1. The van der Waals surface area contributed by atoms with Crippen molar-refractivity contribution in [1.82, 2.24) is 19.9 Å². The molecule has 1 unspecified atom stereocenters. The highest BCUT2D eigenvalue weighted by Gasteiger charge is 2.16. The van der Waals surface area contributed by atoms with Gasteiger partial charge in [-0.05, 0) is 13.0 Å². The molecule has 2 aromatic rings. The number of hydrogen-bond donors (Lipinski definition) is 1. The highest BCUT2D eigenvalue weighted by atomic mass is 35.5. The minimum absolute atomic E-state index is 0.0380. The van der Waals surface area contributed by atoms with Gasteiger partial charge in [0.05, 0.1) is 10.4 Å². The molecule has 0 saturated carbocycles. The number of aromatic nitrogens is 3. The molecule has 0 aliphatic heterocycles. The standard InChI is InChI=1S/C12H14Cl2N4O/c1-7(13)11-17-9-5-8(14)6-16-12(9)18(11)4-3-10(19)15-2/h5-7H,3-4H2,1-2H3,(H,15,19). The molecule has 102 valence electrons. The Labute approximate surface area is 120 Å². The number of fused-ring (bicyclic) bond motifs is 1. The van der Waals surface area contributed by atoms with E-state index in [1.165, 1.54) is 0 Å². The second-order valence-corrected chi connectivity index (χ2v) is 5.25. The third-order valence-corrected chi connectivity index (χ3v) is 3.18. The molecule has 0 radical (unpaired) electrons. The first-order valence-electron chi connectivity index (χ1n) is 5.89. The number of imidazole rings is 1. The maximum atomic E-state index is 11.4. The van der Waals surface area contributed by atoms with Crippen LogP contribution in [0.1, 0.15) is 24.5 Å². The third kappa shape index (κ3) is 2.98. The molecular weight excluding hydrogens is 287 g/mol. The molecule has 2 heterocycles. The van der Waals surface area contributed by atoms with E-state index >= 15 is 0 Å². The Morgan fingerprint density at radius 2 is 2.32 bits per heavy atom. The Bertz CT molecular complexity index is 609. The molecule has 0 aliphatic carbocycles. The summed E-state index contributed by atoms with van der Waals surface area (Å²) in [4.78, 5) is 20.1. The van der Waals surface area contributed by atoms with Crippen LogP contribution in [-0.4, -0.2) is 27.5 Å². The van der Waals surface area contributed by atoms with Crippen LogP contribution in [0.15, 0.2) is 12.3 Å². The number of nitrogens with zero attached hydrogens (tertiary/aromatic N) is 3. The quantitative estimate of drug-likeness (QED) is 0.883. The Balaban J connectivity index is 2.43. The van der Waals surface area contributed by atoms with Gasteiger partial charge in [0, 0.05) is 26.2 Å². The van der Waals surface area contributed by atoms with E-state index < -0.39 is 0 Å². The van der Waals surface area contributed by atoms with Gasteiger partial charge >= 0.3 is 0 Å². The van der Waals surface area contributed by atoms with Crippen LogP contribution in [-0.2, 0) is 11.3 Å². The first-order chi connectivity index (χ1) is 9.02. The molecule has 2 rings (SSSR count). The fourth-order valence-electron chi connectivity index (χ4n) is 1.87. The smallest absolute Gasteiger partial charge is 0.221 e. The molecule has 0 saturated heterocycles. The fraction of sp³-hybridized carbons (Fsp3) is 0.417. The van der Waals surface area contributed by atoms with E-state index in [-0.39, 0.29) is 11.3 Å². The lowest BCUT2D eigenvalue weighted by molar-refractivity contribution is -0.120. The van der Waals surface area contributed by atoms with E-state index in [1.54, 1.807) is 19.3 Å². The van der Waals surface area contributed by atoms with Gasteiger partial charge < -0.3 is 9.88 Å². The van der Waals surface area contributed by atoms with E-state index in [4.69, 9.17) is 23.2 Å². The predicted octanol–water partition coefficient (Wildman–Crippen LogP) is 2.52. The monoisotopic (exact) mass is 300 g/mol. The average Bonchev–Trinajstić information content (AvgIpc) is 2.73. The van der Waals surface area contributed by atoms with Gasteiger partial charge in [-0.2, -0.15) is 0 Å². The highest BCUT2D eigenvalue weighted by molar-refractivity contribution is 6.31. The molecule has 19 heavy (non-hydrogen) atoms. The number of alkyl halides is 1. The highest BCUT2D eigenvalue weighted by Crippen LogP contribution is 2.25. The van der Waals surface area contributed by atoms with E-state index in [9.17, 15) is 4.79 Å². The molecule has 7 heteroatoms. The predicted molar refractivity (Wildman–Crippen MR) is 75.5 cm³/mol. The van der Waals surface area contributed by atoms with E-state index in [0.717, 1.165) is 0 Å². The van der Waals surface area contributed by atoms with Crippen LogP contribution in [0, 0.1) is 0 Å². The number of carbonyl (C=O) groups excluding carboxylic acids is 1. The number of amides is 1. The average molecular weight is 301 g/mol. The molecule has 2 aromatic heterocycles. The van der Waals surface area contributed by atoms with Crippen molar-refractivity contribution in [3.05, 3.63) is 23.1 Å². The summed E-state index contributed by atoms with van der Waals surface area (Å²) in [6.45, 7) is 2.32. The number of halogens is 2. The van der Waals surface area contributed by atoms with Crippen molar-refractivity contribution in [3.63, 3.8) is 0 Å². The summed E-state index contributed by atoms with van der Waals surface area (Å²) in [6.07, 6.45) is 1.91. The number of nitrogens with one attached hydrogen (secondary N) is 1. The van der Waals surface area contributed by atoms with Crippen molar-refractivity contribution in [1.29, 1.82) is 0 Å². The summed E-state index contributed by atoms with van der Waals surface area (Å²) >= 11 is 12.0. The molecule has 1 N–H and O–H groups in total. The lowest BCUT2D eigenvalue weighted by Gasteiger charge is -2.09. The van der Waals surface area contributed by atoms with Crippen LogP contribution in [0.25, 0.3) is 11.2 Å². The summed E-state index contributed by atoms with van der Waals surface area (Å²) in [7, 11) is 1.61. The van der Waals surface area contributed by atoms with Crippen LogP contribution in [0.2, 0.25) is 5.02 Å². The van der Waals surface area contributed by atoms with Gasteiger partial charge in [0.2, 0.25) is 5.91 Å². The van der Waals surface area contributed by atoms with Gasteiger partial charge in [0.1, 0.15) is 11.3 Å². The van der Waals surface area contributed by atoms with Gasteiger partial charge in [-0.1, -0.05) is 11.6 Å². The van der Waals surface area contributed by atoms with Crippen molar-refractivity contribution in [2.75, 3.05) is 7.05 Å². The van der Waals surface area contributed by atoms with Gasteiger partial charge in [-0.3, -0.25) is 4.79 Å². The lowest BCUT2D eigenvalue weighted by Crippen LogP contribution is -2.20. The second kappa shape index (κ2) is 5.75. The molecule has 1 atom stereocenters. The minimum atomic E-state index is -0.266. The van der Waals surface area contributed by atoms with Crippen molar-refractivity contribution in [3.8, 4) is 0 Å². The first kappa shape index (κ1) is 14.1. The van der Waals surface area contributed by atoms with Crippen LogP contribution in [0.5, 0.6) is 0 Å². The van der Waals surface area contributed by atoms with Crippen LogP contribution < -0.4 is 5.32 Å². The maximum absolute atomic E-state index is 11.4. The zero-order valence-electron chi connectivity index (χ0n) is 10.7. The summed E-state index contributed by atoms with van der Waals surface area (Å²) in [5, 5.41) is 2.85. The Hall–Kier alpha value is -1.33.